The lowest BCUT2D eigenvalue weighted by molar-refractivity contribution is -0.192. The third-order valence-electron chi connectivity index (χ3n) is 5.59. The number of halogens is 3. The number of rotatable bonds is 3. The average molecular weight is 439 g/mol. The lowest BCUT2D eigenvalue weighted by Crippen LogP contribution is -2.45. The van der Waals surface area contributed by atoms with Gasteiger partial charge >= 0.3 is 12.1 Å². The van der Waals surface area contributed by atoms with Gasteiger partial charge in [0.15, 0.2) is 0 Å². The largest absolute Gasteiger partial charge is 0.490 e. The van der Waals surface area contributed by atoms with E-state index >= 15 is 0 Å². The molecule has 1 N–H and O–H groups in total. The Kier molecular flexibility index (Phi) is 6.99. The number of amides is 1. The van der Waals surface area contributed by atoms with E-state index in [1.807, 2.05) is 23.2 Å². The first kappa shape index (κ1) is 22.8. The number of pyridine rings is 1. The van der Waals surface area contributed by atoms with Crippen molar-refractivity contribution in [2.45, 2.75) is 32.0 Å². The van der Waals surface area contributed by atoms with E-state index in [9.17, 15) is 18.0 Å². The van der Waals surface area contributed by atoms with Crippen LogP contribution in [0.15, 0.2) is 47.4 Å². The van der Waals surface area contributed by atoms with E-state index in [-0.39, 0.29) is 11.3 Å². The van der Waals surface area contributed by atoms with E-state index in [0.717, 1.165) is 44.8 Å². The summed E-state index contributed by atoms with van der Waals surface area (Å²) in [4.78, 5) is 30.4. The predicted octanol–water partition coefficient (Wildman–Crippen LogP) is 3.44. The zero-order valence-corrected chi connectivity index (χ0v) is 16.8. The van der Waals surface area contributed by atoms with Crippen LogP contribution in [0.5, 0.6) is 0 Å². The summed E-state index contributed by atoms with van der Waals surface area (Å²) in [7, 11) is 0. The number of aliphatic carboxylic acids is 1. The summed E-state index contributed by atoms with van der Waals surface area (Å²) in [5, 5.41) is 7.12. The maximum absolute atomic E-state index is 12.5. The number of likely N-dealkylation sites (tertiary alicyclic amines) is 2. The summed E-state index contributed by atoms with van der Waals surface area (Å²) in [5.74, 6) is -2.66. The van der Waals surface area contributed by atoms with Gasteiger partial charge in [-0.1, -0.05) is 6.07 Å². The molecule has 2 saturated heterocycles. The number of hydrogen-bond donors (Lipinski definition) is 1. The zero-order valence-electron chi connectivity index (χ0n) is 16.8. The fourth-order valence-corrected chi connectivity index (χ4v) is 4.18. The van der Waals surface area contributed by atoms with Crippen molar-refractivity contribution in [1.29, 1.82) is 0 Å². The second kappa shape index (κ2) is 9.51. The standard InChI is InChI=1S/C19H23N3O2.C2HF3O2/c23-18(16-5-11-24-13-16)22-10-7-19(15-22)6-3-9-21(14-19)12-17-4-1-2-8-20-17;3-2(4,5)1(6)7/h1-2,4-5,8,11,13H,3,6-7,9-10,12,14-15H2;(H,6,7). The van der Waals surface area contributed by atoms with Gasteiger partial charge < -0.3 is 14.4 Å². The van der Waals surface area contributed by atoms with Gasteiger partial charge in [0.1, 0.15) is 6.26 Å². The number of furan rings is 1. The Bertz CT molecular complexity index is 874. The molecule has 0 saturated carbocycles. The third-order valence-corrected chi connectivity index (χ3v) is 5.59. The van der Waals surface area contributed by atoms with Crippen LogP contribution in [0.3, 0.4) is 0 Å². The van der Waals surface area contributed by atoms with Gasteiger partial charge in [-0.05, 0) is 44.0 Å². The van der Waals surface area contributed by atoms with E-state index in [1.165, 1.54) is 12.8 Å². The Labute approximate surface area is 177 Å². The summed E-state index contributed by atoms with van der Waals surface area (Å²) >= 11 is 0. The molecule has 1 amide bonds. The van der Waals surface area contributed by atoms with Gasteiger partial charge in [-0.3, -0.25) is 14.7 Å². The number of carbonyl (C=O) groups is 2. The monoisotopic (exact) mass is 439 g/mol. The Balaban J connectivity index is 0.000000339. The van der Waals surface area contributed by atoms with E-state index in [1.54, 1.807) is 18.6 Å². The number of piperidine rings is 1. The molecule has 10 heteroatoms. The molecule has 1 atom stereocenters. The lowest BCUT2D eigenvalue weighted by Gasteiger charge is -2.40. The minimum Gasteiger partial charge on any atom is -0.475 e. The lowest BCUT2D eigenvalue weighted by atomic mass is 9.79. The number of carboxylic acids is 1. The van der Waals surface area contributed by atoms with Crippen LogP contribution in [0.2, 0.25) is 0 Å². The van der Waals surface area contributed by atoms with Crippen LogP contribution in [-0.4, -0.2) is 64.1 Å². The Hall–Kier alpha value is -2.88. The molecule has 2 fully saturated rings. The SMILES string of the molecule is O=C(O)C(F)(F)F.O=C(c1ccoc1)N1CCC2(CCCN(Cc3ccccn3)C2)C1. The summed E-state index contributed by atoms with van der Waals surface area (Å²) in [6, 6.07) is 7.84. The molecule has 4 heterocycles. The minimum absolute atomic E-state index is 0.0995. The smallest absolute Gasteiger partial charge is 0.475 e. The second-order valence-electron chi connectivity index (χ2n) is 7.93. The zero-order chi connectivity index (χ0) is 22.5. The van der Waals surface area contributed by atoms with E-state index in [4.69, 9.17) is 14.3 Å². The highest BCUT2D eigenvalue weighted by molar-refractivity contribution is 5.94. The second-order valence-corrected chi connectivity index (χ2v) is 7.93. The highest BCUT2D eigenvalue weighted by atomic mass is 19.4. The van der Waals surface area contributed by atoms with Crippen LogP contribution >= 0.6 is 0 Å². The first-order valence-electron chi connectivity index (χ1n) is 9.92. The van der Waals surface area contributed by atoms with Crippen molar-refractivity contribution in [3.63, 3.8) is 0 Å². The van der Waals surface area contributed by atoms with Gasteiger partial charge in [0, 0.05) is 37.8 Å². The van der Waals surface area contributed by atoms with E-state index in [2.05, 4.69) is 16.0 Å². The molecule has 4 rings (SSSR count). The average Bonchev–Trinajstić information content (AvgIpc) is 3.39. The van der Waals surface area contributed by atoms with Crippen molar-refractivity contribution in [2.75, 3.05) is 26.2 Å². The van der Waals surface area contributed by atoms with Gasteiger partial charge in [0.25, 0.3) is 5.91 Å². The molecule has 2 aromatic heterocycles. The Morgan fingerprint density at radius 3 is 2.55 bits per heavy atom. The molecule has 2 aliphatic heterocycles. The van der Waals surface area contributed by atoms with Gasteiger partial charge in [0.2, 0.25) is 0 Å². The van der Waals surface area contributed by atoms with E-state index < -0.39 is 12.1 Å². The molecule has 7 nitrogen and oxygen atoms in total. The highest BCUT2D eigenvalue weighted by Gasteiger charge is 2.43. The fourth-order valence-electron chi connectivity index (χ4n) is 4.18. The molecule has 2 aromatic rings. The number of carboxylic acid groups (broad SMARTS) is 1. The number of alkyl halides is 3. The van der Waals surface area contributed by atoms with Gasteiger partial charge in [-0.25, -0.2) is 4.79 Å². The van der Waals surface area contributed by atoms with Crippen molar-refractivity contribution in [3.8, 4) is 0 Å². The van der Waals surface area contributed by atoms with Gasteiger partial charge in [-0.2, -0.15) is 13.2 Å². The molecule has 0 aromatic carbocycles. The van der Waals surface area contributed by atoms with Gasteiger partial charge in [0.05, 0.1) is 17.5 Å². The third kappa shape index (κ3) is 6.06. The van der Waals surface area contributed by atoms with Crippen LogP contribution in [0.4, 0.5) is 13.2 Å². The number of hydrogen-bond acceptors (Lipinski definition) is 5. The molecule has 0 aliphatic carbocycles. The molecule has 0 bridgehead atoms. The van der Waals surface area contributed by atoms with Crippen LogP contribution in [0.1, 0.15) is 35.3 Å². The van der Waals surface area contributed by atoms with Gasteiger partial charge in [-0.15, -0.1) is 0 Å². The maximum atomic E-state index is 12.5. The summed E-state index contributed by atoms with van der Waals surface area (Å²) in [5.41, 5.74) is 2.03. The summed E-state index contributed by atoms with van der Waals surface area (Å²) in [6.45, 7) is 4.78. The van der Waals surface area contributed by atoms with Crippen LogP contribution in [-0.2, 0) is 11.3 Å². The first-order valence-corrected chi connectivity index (χ1v) is 9.92. The molecule has 168 valence electrons. The number of carbonyl (C=O) groups excluding carboxylic acids is 1. The molecular weight excluding hydrogens is 415 g/mol. The Morgan fingerprint density at radius 2 is 1.94 bits per heavy atom. The summed E-state index contributed by atoms with van der Waals surface area (Å²) < 4.78 is 36.8. The van der Waals surface area contributed by atoms with Crippen molar-refractivity contribution < 1.29 is 32.3 Å². The maximum Gasteiger partial charge on any atom is 0.490 e. The van der Waals surface area contributed by atoms with Crippen LogP contribution in [0.25, 0.3) is 0 Å². The van der Waals surface area contributed by atoms with Crippen molar-refractivity contribution in [3.05, 3.63) is 54.2 Å². The quantitative estimate of drug-likeness (QED) is 0.789. The first-order chi connectivity index (χ1) is 14.7. The predicted molar refractivity (Wildman–Crippen MR) is 104 cm³/mol. The molecule has 0 radical (unpaired) electrons. The van der Waals surface area contributed by atoms with E-state index in [0.29, 0.717) is 5.56 Å². The highest BCUT2D eigenvalue weighted by Crippen LogP contribution is 2.39. The summed E-state index contributed by atoms with van der Waals surface area (Å²) in [6.07, 6.45) is 3.38. The number of nitrogens with zero attached hydrogens (tertiary/aromatic N) is 3. The van der Waals surface area contributed by atoms with Crippen LogP contribution in [0, 0.1) is 5.41 Å². The van der Waals surface area contributed by atoms with Crippen molar-refractivity contribution >= 4 is 11.9 Å². The molecule has 1 spiro atoms. The molecule has 31 heavy (non-hydrogen) atoms. The molecular formula is C21H24F3N3O4. The molecule has 2 aliphatic rings. The molecule has 1 unspecified atom stereocenters. The number of aromatic nitrogens is 1. The topological polar surface area (TPSA) is 86.9 Å². The normalized spacial score (nSPS) is 21.6. The minimum atomic E-state index is -5.08. The van der Waals surface area contributed by atoms with Crippen LogP contribution < -0.4 is 0 Å². The Morgan fingerprint density at radius 1 is 1.16 bits per heavy atom. The fraction of sp³-hybridized carbons (Fsp3) is 0.476. The van der Waals surface area contributed by atoms with Crippen molar-refractivity contribution in [1.82, 2.24) is 14.8 Å². The van der Waals surface area contributed by atoms with Crippen molar-refractivity contribution in [2.24, 2.45) is 5.41 Å².